The lowest BCUT2D eigenvalue weighted by molar-refractivity contribution is 0.630. The molecule has 3 nitrogen and oxygen atoms in total. The Balaban J connectivity index is 1.45. The molecule has 0 atom stereocenters. The Kier molecular flexibility index (Phi) is 6.43. The van der Waals surface area contributed by atoms with Crippen molar-refractivity contribution in [3.8, 4) is 0 Å². The van der Waals surface area contributed by atoms with Crippen molar-refractivity contribution in [1.29, 1.82) is 0 Å². The van der Waals surface area contributed by atoms with Crippen LogP contribution in [0.2, 0.25) is 0 Å². The number of fused-ring (bicyclic) bond motifs is 1. The maximum Gasteiger partial charge on any atom is 0.258 e. The van der Waals surface area contributed by atoms with E-state index in [1.165, 1.54) is 18.4 Å². The van der Waals surface area contributed by atoms with Gasteiger partial charge in [0.05, 0.1) is 10.9 Å². The number of halogens is 2. The average Bonchev–Trinajstić information content (AvgIpc) is 2.57. The molecule has 2 aromatic carbocycles. The number of aromatic amines is 1. The summed E-state index contributed by atoms with van der Waals surface area (Å²) in [4.78, 5) is 19.5. The molecule has 25 heavy (non-hydrogen) atoms. The maximum atomic E-state index is 12.0. The van der Waals surface area contributed by atoms with E-state index in [2.05, 4.69) is 60.0 Å². The van der Waals surface area contributed by atoms with Crippen LogP contribution in [0.5, 0.6) is 0 Å². The standard InChI is InChI=1S/C20H20Br2N2O/c21-15-11-14(12-16(22)13-15)7-3-1-2-4-10-19-23-18-9-6-5-8-17(18)20(25)24-19/h5-6,8-9,11-13H,1-4,7,10H2,(H,23,24,25). The number of nitrogens with zero attached hydrogens (tertiary/aromatic N) is 1. The van der Waals surface area contributed by atoms with Gasteiger partial charge in [0, 0.05) is 15.4 Å². The summed E-state index contributed by atoms with van der Waals surface area (Å²) in [6.45, 7) is 0. The molecule has 0 spiro atoms. The molecule has 0 amide bonds. The molecule has 0 radical (unpaired) electrons. The molecule has 3 rings (SSSR count). The quantitative estimate of drug-likeness (QED) is 0.450. The second-order valence-electron chi connectivity index (χ2n) is 6.22. The Morgan fingerprint density at radius 2 is 1.56 bits per heavy atom. The predicted molar refractivity (Wildman–Crippen MR) is 110 cm³/mol. The smallest absolute Gasteiger partial charge is 0.258 e. The van der Waals surface area contributed by atoms with Gasteiger partial charge in [-0.15, -0.1) is 0 Å². The summed E-state index contributed by atoms with van der Waals surface area (Å²) < 4.78 is 2.23. The van der Waals surface area contributed by atoms with Gasteiger partial charge in [-0.05, 0) is 55.2 Å². The molecule has 1 heterocycles. The lowest BCUT2D eigenvalue weighted by Crippen LogP contribution is -2.11. The van der Waals surface area contributed by atoms with Gasteiger partial charge < -0.3 is 4.98 Å². The minimum atomic E-state index is -0.0409. The lowest BCUT2D eigenvalue weighted by atomic mass is 10.1. The number of aryl methyl sites for hydroxylation is 2. The number of benzene rings is 2. The first kappa shape index (κ1) is 18.3. The van der Waals surface area contributed by atoms with E-state index in [0.29, 0.717) is 5.39 Å². The van der Waals surface area contributed by atoms with Crippen LogP contribution in [0.1, 0.15) is 37.1 Å². The van der Waals surface area contributed by atoms with E-state index in [9.17, 15) is 4.79 Å². The Labute approximate surface area is 164 Å². The van der Waals surface area contributed by atoms with Crippen molar-refractivity contribution in [3.05, 3.63) is 73.2 Å². The van der Waals surface area contributed by atoms with E-state index in [-0.39, 0.29) is 5.56 Å². The fourth-order valence-electron chi connectivity index (χ4n) is 2.98. The Morgan fingerprint density at radius 1 is 0.880 bits per heavy atom. The summed E-state index contributed by atoms with van der Waals surface area (Å²) in [5, 5.41) is 0.659. The fraction of sp³-hybridized carbons (Fsp3) is 0.300. The number of hydrogen-bond acceptors (Lipinski definition) is 2. The Morgan fingerprint density at radius 3 is 2.32 bits per heavy atom. The van der Waals surface area contributed by atoms with Gasteiger partial charge in [-0.1, -0.05) is 56.8 Å². The van der Waals surface area contributed by atoms with E-state index in [1.807, 2.05) is 24.3 Å². The Hall–Kier alpha value is -1.46. The highest BCUT2D eigenvalue weighted by Crippen LogP contribution is 2.21. The van der Waals surface area contributed by atoms with Crippen molar-refractivity contribution in [2.24, 2.45) is 0 Å². The largest absolute Gasteiger partial charge is 0.310 e. The molecule has 1 N–H and O–H groups in total. The summed E-state index contributed by atoms with van der Waals surface area (Å²) >= 11 is 7.06. The molecule has 0 aliphatic rings. The first-order chi connectivity index (χ1) is 12.1. The van der Waals surface area contributed by atoms with E-state index in [0.717, 1.165) is 46.0 Å². The zero-order valence-corrected chi connectivity index (χ0v) is 17.1. The Bertz CT molecular complexity index is 901. The van der Waals surface area contributed by atoms with Crippen molar-refractivity contribution in [3.63, 3.8) is 0 Å². The number of H-pyrrole nitrogens is 1. The van der Waals surface area contributed by atoms with Gasteiger partial charge in [-0.25, -0.2) is 4.98 Å². The molecule has 130 valence electrons. The number of rotatable bonds is 7. The minimum absolute atomic E-state index is 0.0409. The number of nitrogens with one attached hydrogen (secondary N) is 1. The first-order valence-electron chi connectivity index (χ1n) is 8.55. The zero-order chi connectivity index (χ0) is 17.6. The molecule has 3 aromatic rings. The molecule has 0 saturated carbocycles. The van der Waals surface area contributed by atoms with E-state index in [4.69, 9.17) is 0 Å². The van der Waals surface area contributed by atoms with Crippen molar-refractivity contribution in [2.75, 3.05) is 0 Å². The highest BCUT2D eigenvalue weighted by molar-refractivity contribution is 9.11. The molecule has 0 bridgehead atoms. The van der Waals surface area contributed by atoms with Crippen molar-refractivity contribution in [2.45, 2.75) is 38.5 Å². The van der Waals surface area contributed by atoms with Crippen LogP contribution in [-0.2, 0) is 12.8 Å². The van der Waals surface area contributed by atoms with Crippen LogP contribution < -0.4 is 5.56 Å². The van der Waals surface area contributed by atoms with Gasteiger partial charge in [0.2, 0.25) is 0 Å². The van der Waals surface area contributed by atoms with Gasteiger partial charge in [0.1, 0.15) is 5.82 Å². The molecule has 1 aromatic heterocycles. The van der Waals surface area contributed by atoms with Crippen LogP contribution in [0.3, 0.4) is 0 Å². The summed E-state index contributed by atoms with van der Waals surface area (Å²) in [6, 6.07) is 13.9. The molecule has 5 heteroatoms. The normalized spacial score (nSPS) is 11.1. The second-order valence-corrected chi connectivity index (χ2v) is 8.05. The molecule has 0 saturated heterocycles. The van der Waals surface area contributed by atoms with Gasteiger partial charge in [0.15, 0.2) is 0 Å². The fourth-order valence-corrected chi connectivity index (χ4v) is 4.37. The predicted octanol–water partition coefficient (Wildman–Crippen LogP) is 5.79. The number of para-hydroxylation sites is 1. The van der Waals surface area contributed by atoms with E-state index < -0.39 is 0 Å². The zero-order valence-electron chi connectivity index (χ0n) is 13.9. The van der Waals surface area contributed by atoms with Crippen LogP contribution in [0.4, 0.5) is 0 Å². The highest BCUT2D eigenvalue weighted by atomic mass is 79.9. The topological polar surface area (TPSA) is 45.8 Å². The SMILES string of the molecule is O=c1[nH]c(CCCCCCc2cc(Br)cc(Br)c2)nc2ccccc12. The summed E-state index contributed by atoms with van der Waals surface area (Å²) in [5.74, 6) is 0.791. The third-order valence-corrected chi connectivity index (χ3v) is 5.13. The van der Waals surface area contributed by atoms with E-state index in [1.54, 1.807) is 0 Å². The number of unbranched alkanes of at least 4 members (excludes halogenated alkanes) is 3. The van der Waals surface area contributed by atoms with Crippen LogP contribution in [0.15, 0.2) is 56.2 Å². The molecular weight excluding hydrogens is 444 g/mol. The molecule has 0 unspecified atom stereocenters. The number of aromatic nitrogens is 2. The lowest BCUT2D eigenvalue weighted by Gasteiger charge is -2.05. The summed E-state index contributed by atoms with van der Waals surface area (Å²) in [5.41, 5.74) is 2.09. The van der Waals surface area contributed by atoms with Crippen LogP contribution in [0, 0.1) is 0 Å². The average molecular weight is 464 g/mol. The monoisotopic (exact) mass is 462 g/mol. The summed E-state index contributed by atoms with van der Waals surface area (Å²) in [6.07, 6.45) is 6.45. The molecule has 0 fully saturated rings. The molecule has 0 aliphatic heterocycles. The van der Waals surface area contributed by atoms with Gasteiger partial charge in [-0.3, -0.25) is 4.79 Å². The number of hydrogen-bond donors (Lipinski definition) is 1. The van der Waals surface area contributed by atoms with Gasteiger partial charge >= 0.3 is 0 Å². The maximum absolute atomic E-state index is 12.0. The van der Waals surface area contributed by atoms with Crippen molar-refractivity contribution in [1.82, 2.24) is 9.97 Å². The van der Waals surface area contributed by atoms with Crippen molar-refractivity contribution >= 4 is 42.8 Å². The van der Waals surface area contributed by atoms with Crippen molar-refractivity contribution < 1.29 is 0 Å². The highest BCUT2D eigenvalue weighted by Gasteiger charge is 2.03. The third-order valence-electron chi connectivity index (χ3n) is 4.21. The molecule has 0 aliphatic carbocycles. The summed E-state index contributed by atoms with van der Waals surface area (Å²) in [7, 11) is 0. The van der Waals surface area contributed by atoms with Gasteiger partial charge in [0.25, 0.3) is 5.56 Å². The van der Waals surface area contributed by atoms with E-state index >= 15 is 0 Å². The first-order valence-corrected chi connectivity index (χ1v) is 10.1. The third kappa shape index (κ3) is 5.25. The molecular formula is C20H20Br2N2O. The second kappa shape index (κ2) is 8.77. The van der Waals surface area contributed by atoms with Crippen LogP contribution >= 0.6 is 31.9 Å². The minimum Gasteiger partial charge on any atom is -0.310 e. The van der Waals surface area contributed by atoms with Gasteiger partial charge in [-0.2, -0.15) is 0 Å². The van der Waals surface area contributed by atoms with Crippen LogP contribution in [-0.4, -0.2) is 9.97 Å². The van der Waals surface area contributed by atoms with Crippen LogP contribution in [0.25, 0.3) is 10.9 Å².